The third kappa shape index (κ3) is 7.68. The van der Waals surface area contributed by atoms with Gasteiger partial charge in [0.1, 0.15) is 0 Å². The van der Waals surface area contributed by atoms with Crippen LogP contribution in [0.3, 0.4) is 0 Å². The number of halogens is 1. The number of carbonyl (C=O) groups excluding carboxylic acids is 2. The maximum absolute atomic E-state index is 10.9. The maximum Gasteiger partial charge on any atom is 0.232 e. The lowest BCUT2D eigenvalue weighted by molar-refractivity contribution is -0.125. The van der Waals surface area contributed by atoms with Gasteiger partial charge < -0.3 is 10.6 Å². The Morgan fingerprint density at radius 1 is 1.33 bits per heavy atom. The largest absolute Gasteiger partial charge is 0.369 e. The van der Waals surface area contributed by atoms with Crippen LogP contribution >= 0.6 is 24.2 Å². The van der Waals surface area contributed by atoms with Crippen LogP contribution in [-0.2, 0) is 9.59 Å². The van der Waals surface area contributed by atoms with Crippen LogP contribution in [0, 0.1) is 0 Å². The highest BCUT2D eigenvalue weighted by Gasteiger charge is 2.03. The molecule has 0 unspecified atom stereocenters. The lowest BCUT2D eigenvalue weighted by Gasteiger charge is -2.08. The molecule has 0 heterocycles. The molecule has 72 valence electrons. The quantitative estimate of drug-likeness (QED) is 0.697. The number of amides is 2. The van der Waals surface area contributed by atoms with Crippen molar-refractivity contribution >= 4 is 36.0 Å². The van der Waals surface area contributed by atoms with Crippen molar-refractivity contribution in [3.63, 3.8) is 0 Å². The van der Waals surface area contributed by atoms with Gasteiger partial charge in [0, 0.05) is 14.1 Å². The molecule has 0 saturated carbocycles. The summed E-state index contributed by atoms with van der Waals surface area (Å²) in [5, 5.41) is 0. The fraction of sp³-hybridized carbons (Fsp3) is 0.667. The molecule has 4 nitrogen and oxygen atoms in total. The summed E-state index contributed by atoms with van der Waals surface area (Å²) in [6.07, 6.45) is 0. The monoisotopic (exact) mass is 212 g/mol. The van der Waals surface area contributed by atoms with Crippen molar-refractivity contribution in [2.45, 2.75) is 0 Å². The predicted octanol–water partition coefficient (Wildman–Crippen LogP) is -0.285. The highest BCUT2D eigenvalue weighted by molar-refractivity contribution is 8.00. The smallest absolute Gasteiger partial charge is 0.232 e. The topological polar surface area (TPSA) is 63.4 Å². The molecule has 12 heavy (non-hydrogen) atoms. The molecule has 6 heteroatoms. The lowest BCUT2D eigenvalue weighted by Crippen LogP contribution is -2.24. The molecule has 0 spiro atoms. The SMILES string of the molecule is CN(C)C(=O)CSCC(N)=O.Cl. The predicted molar refractivity (Wildman–Crippen MR) is 52.5 cm³/mol. The van der Waals surface area contributed by atoms with E-state index in [0.717, 1.165) is 0 Å². The molecule has 0 aliphatic rings. The van der Waals surface area contributed by atoms with Gasteiger partial charge in [0.25, 0.3) is 0 Å². The Labute approximate surface area is 82.3 Å². The van der Waals surface area contributed by atoms with Gasteiger partial charge in [0.15, 0.2) is 0 Å². The van der Waals surface area contributed by atoms with Gasteiger partial charge in [0.05, 0.1) is 11.5 Å². The summed E-state index contributed by atoms with van der Waals surface area (Å²) in [7, 11) is 3.35. The molecule has 2 N–H and O–H groups in total. The molecule has 0 aromatic carbocycles. The number of thioether (sulfide) groups is 1. The van der Waals surface area contributed by atoms with Crippen LogP contribution in [0.25, 0.3) is 0 Å². The van der Waals surface area contributed by atoms with Gasteiger partial charge in [-0.2, -0.15) is 0 Å². The Hall–Kier alpha value is -0.420. The molecule has 0 atom stereocenters. The number of rotatable bonds is 4. The van der Waals surface area contributed by atoms with Crippen LogP contribution in [0.2, 0.25) is 0 Å². The fourth-order valence-corrected chi connectivity index (χ4v) is 1.10. The first kappa shape index (κ1) is 14.1. The van der Waals surface area contributed by atoms with Gasteiger partial charge in [-0.3, -0.25) is 9.59 Å². The Kier molecular flexibility index (Phi) is 8.52. The van der Waals surface area contributed by atoms with Gasteiger partial charge in [-0.25, -0.2) is 0 Å². The average molecular weight is 213 g/mol. The van der Waals surface area contributed by atoms with E-state index >= 15 is 0 Å². The van der Waals surface area contributed by atoms with Crippen LogP contribution in [-0.4, -0.2) is 42.3 Å². The van der Waals surface area contributed by atoms with Crippen molar-refractivity contribution in [2.24, 2.45) is 5.73 Å². The summed E-state index contributed by atoms with van der Waals surface area (Å²) >= 11 is 1.23. The number of hydrogen-bond acceptors (Lipinski definition) is 3. The summed E-state index contributed by atoms with van der Waals surface area (Å²) in [5.41, 5.74) is 4.87. The Morgan fingerprint density at radius 3 is 2.17 bits per heavy atom. The molecule has 2 amide bonds. The Morgan fingerprint density at radius 2 is 1.83 bits per heavy atom. The highest BCUT2D eigenvalue weighted by Crippen LogP contribution is 1.99. The van der Waals surface area contributed by atoms with Gasteiger partial charge >= 0.3 is 0 Å². The van der Waals surface area contributed by atoms with Crippen molar-refractivity contribution in [3.05, 3.63) is 0 Å². The minimum absolute atomic E-state index is 0. The molecular weight excluding hydrogens is 200 g/mol. The summed E-state index contributed by atoms with van der Waals surface area (Å²) in [6, 6.07) is 0. The average Bonchev–Trinajstić information content (AvgIpc) is 1.86. The van der Waals surface area contributed by atoms with Crippen molar-refractivity contribution in [2.75, 3.05) is 25.6 Å². The summed E-state index contributed by atoms with van der Waals surface area (Å²) < 4.78 is 0. The Balaban J connectivity index is 0. The zero-order valence-electron chi connectivity index (χ0n) is 7.07. The first-order valence-electron chi connectivity index (χ1n) is 3.10. The highest BCUT2D eigenvalue weighted by atomic mass is 35.5. The standard InChI is InChI=1S/C6H12N2O2S.ClH/c1-8(2)6(10)4-11-3-5(7)9;/h3-4H2,1-2H3,(H2,7,9);1H. The third-order valence-electron chi connectivity index (χ3n) is 0.969. The minimum atomic E-state index is -0.387. The third-order valence-corrected chi connectivity index (χ3v) is 1.91. The van der Waals surface area contributed by atoms with Crippen molar-refractivity contribution in [1.29, 1.82) is 0 Å². The minimum Gasteiger partial charge on any atom is -0.369 e. The van der Waals surface area contributed by atoms with Crippen LogP contribution < -0.4 is 5.73 Å². The van der Waals surface area contributed by atoms with E-state index in [0.29, 0.717) is 5.75 Å². The van der Waals surface area contributed by atoms with Gasteiger partial charge in [0.2, 0.25) is 11.8 Å². The summed E-state index contributed by atoms with van der Waals surface area (Å²) in [5.74, 6) is 0.132. The number of nitrogens with zero attached hydrogens (tertiary/aromatic N) is 1. The summed E-state index contributed by atoms with van der Waals surface area (Å²) in [4.78, 5) is 22.6. The second-order valence-electron chi connectivity index (χ2n) is 2.25. The first-order chi connectivity index (χ1) is 5.04. The molecule has 0 radical (unpaired) electrons. The zero-order valence-corrected chi connectivity index (χ0v) is 8.70. The molecular formula is C6H13ClN2O2S. The van der Waals surface area contributed by atoms with Gasteiger partial charge in [-0.1, -0.05) is 0 Å². The number of nitrogens with two attached hydrogens (primary N) is 1. The normalized spacial score (nSPS) is 8.50. The second kappa shape index (κ2) is 7.24. The molecule has 0 aliphatic carbocycles. The van der Waals surface area contributed by atoms with Crippen molar-refractivity contribution in [1.82, 2.24) is 4.90 Å². The molecule has 0 rings (SSSR count). The molecule has 0 saturated heterocycles. The van der Waals surface area contributed by atoms with E-state index in [4.69, 9.17) is 5.73 Å². The van der Waals surface area contributed by atoms with E-state index in [-0.39, 0.29) is 30.0 Å². The van der Waals surface area contributed by atoms with Gasteiger partial charge in [-0.05, 0) is 0 Å². The van der Waals surface area contributed by atoms with E-state index in [1.807, 2.05) is 0 Å². The molecule has 0 bridgehead atoms. The maximum atomic E-state index is 10.9. The molecule has 0 aliphatic heterocycles. The van der Waals surface area contributed by atoms with Crippen LogP contribution in [0.1, 0.15) is 0 Å². The van der Waals surface area contributed by atoms with E-state index in [2.05, 4.69) is 0 Å². The van der Waals surface area contributed by atoms with Crippen molar-refractivity contribution < 1.29 is 9.59 Å². The molecule has 0 aromatic rings. The van der Waals surface area contributed by atoms with Crippen LogP contribution in [0.4, 0.5) is 0 Å². The van der Waals surface area contributed by atoms with E-state index in [1.54, 1.807) is 14.1 Å². The van der Waals surface area contributed by atoms with Gasteiger partial charge in [-0.15, -0.1) is 24.2 Å². The molecule has 0 fully saturated rings. The first-order valence-corrected chi connectivity index (χ1v) is 4.25. The van der Waals surface area contributed by atoms with E-state index in [1.165, 1.54) is 16.7 Å². The van der Waals surface area contributed by atoms with Crippen LogP contribution in [0.5, 0.6) is 0 Å². The zero-order chi connectivity index (χ0) is 8.85. The number of hydrogen-bond donors (Lipinski definition) is 1. The number of primary amides is 1. The lowest BCUT2D eigenvalue weighted by atomic mass is 10.6. The number of carbonyl (C=O) groups is 2. The van der Waals surface area contributed by atoms with Crippen LogP contribution in [0.15, 0.2) is 0 Å². The Bertz CT molecular complexity index is 164. The molecule has 0 aromatic heterocycles. The van der Waals surface area contributed by atoms with Crippen molar-refractivity contribution in [3.8, 4) is 0 Å². The van der Waals surface area contributed by atoms with E-state index < -0.39 is 0 Å². The second-order valence-corrected chi connectivity index (χ2v) is 3.23. The summed E-state index contributed by atoms with van der Waals surface area (Å²) in [6.45, 7) is 0. The van der Waals surface area contributed by atoms with E-state index in [9.17, 15) is 9.59 Å². The fourth-order valence-electron chi connectivity index (χ4n) is 0.368.